The van der Waals surface area contributed by atoms with Gasteiger partial charge < -0.3 is 24.3 Å². The van der Waals surface area contributed by atoms with E-state index >= 15 is 4.39 Å². The van der Waals surface area contributed by atoms with Gasteiger partial charge in [0.2, 0.25) is 0 Å². The molecule has 0 radical (unpaired) electrons. The summed E-state index contributed by atoms with van der Waals surface area (Å²) in [6.45, 7) is 9.49. The Balaban J connectivity index is 1.78. The molecule has 1 saturated heterocycles. The first-order valence-electron chi connectivity index (χ1n) is 12.1. The Labute approximate surface area is 229 Å². The summed E-state index contributed by atoms with van der Waals surface area (Å²) in [5.41, 5.74) is -2.18. The van der Waals surface area contributed by atoms with Crippen molar-refractivity contribution in [2.45, 2.75) is 75.6 Å². The standard InChI is InChI=1S/C26H32FN3O8S/c1-25(2,3)37-23(33)35-14-16-19(36-24(34)38-26(4,5)6)18(27)21(39-16)30-13-12-17(29-22(30)32)28-20(31)15-10-8-7-9-11-15/h7-13,16,18-19,21H,14H2,1-6H3,(H,28,29,31,32)/t16-,18+,19-,21-/m1/s1. The number of hydrogen-bond acceptors (Lipinski definition) is 10. The molecule has 1 aromatic carbocycles. The van der Waals surface area contributed by atoms with Crippen LogP contribution >= 0.6 is 11.8 Å². The van der Waals surface area contributed by atoms with Gasteiger partial charge in [-0.2, -0.15) is 4.98 Å². The van der Waals surface area contributed by atoms with Gasteiger partial charge in [-0.15, -0.1) is 11.8 Å². The molecule has 1 fully saturated rings. The largest absolute Gasteiger partial charge is 0.509 e. The number of rotatable bonds is 6. The lowest BCUT2D eigenvalue weighted by atomic mass is 10.1. The zero-order chi connectivity index (χ0) is 29.0. The molecule has 39 heavy (non-hydrogen) atoms. The van der Waals surface area contributed by atoms with Gasteiger partial charge in [0.15, 0.2) is 12.3 Å². The van der Waals surface area contributed by atoms with E-state index in [0.29, 0.717) is 5.56 Å². The van der Waals surface area contributed by atoms with Gasteiger partial charge in [-0.05, 0) is 59.7 Å². The zero-order valence-electron chi connectivity index (χ0n) is 22.5. The van der Waals surface area contributed by atoms with Crippen LogP contribution in [-0.2, 0) is 18.9 Å². The molecule has 0 unspecified atom stereocenters. The van der Waals surface area contributed by atoms with E-state index in [1.54, 1.807) is 71.9 Å². The fourth-order valence-electron chi connectivity index (χ4n) is 3.46. The van der Waals surface area contributed by atoms with Gasteiger partial charge in [-0.25, -0.2) is 18.8 Å². The molecule has 3 rings (SSSR count). The summed E-state index contributed by atoms with van der Waals surface area (Å²) in [6.07, 6.45) is -4.11. The van der Waals surface area contributed by atoms with Crippen molar-refractivity contribution in [3.8, 4) is 0 Å². The van der Waals surface area contributed by atoms with E-state index in [4.69, 9.17) is 18.9 Å². The number of halogens is 1. The average Bonchev–Trinajstić information content (AvgIpc) is 3.11. The maximum atomic E-state index is 15.7. The lowest BCUT2D eigenvalue weighted by Gasteiger charge is -2.24. The molecule has 0 spiro atoms. The third-order valence-electron chi connectivity index (χ3n) is 5.03. The first-order chi connectivity index (χ1) is 18.1. The number of nitrogens with zero attached hydrogens (tertiary/aromatic N) is 2. The first-order valence-corrected chi connectivity index (χ1v) is 13.1. The molecule has 1 aromatic heterocycles. The molecule has 13 heteroatoms. The molecule has 212 valence electrons. The number of nitrogens with one attached hydrogen (secondary N) is 1. The fraction of sp³-hybridized carbons (Fsp3) is 0.500. The van der Waals surface area contributed by atoms with E-state index in [0.717, 1.165) is 16.3 Å². The molecule has 1 aliphatic heterocycles. The second-order valence-electron chi connectivity index (χ2n) is 10.7. The summed E-state index contributed by atoms with van der Waals surface area (Å²) in [6, 6.07) is 9.70. The highest BCUT2D eigenvalue weighted by atomic mass is 32.2. The van der Waals surface area contributed by atoms with Crippen LogP contribution < -0.4 is 11.0 Å². The molecule has 0 bridgehead atoms. The summed E-state index contributed by atoms with van der Waals surface area (Å²) in [4.78, 5) is 53.5. The normalized spacial score (nSPS) is 21.1. The van der Waals surface area contributed by atoms with Crippen molar-refractivity contribution in [1.82, 2.24) is 9.55 Å². The highest BCUT2D eigenvalue weighted by molar-refractivity contribution is 8.00. The van der Waals surface area contributed by atoms with Crippen LogP contribution in [0.15, 0.2) is 47.4 Å². The first kappa shape index (κ1) is 29.9. The molecule has 0 aliphatic carbocycles. The molecule has 2 heterocycles. The summed E-state index contributed by atoms with van der Waals surface area (Å²) in [5.74, 6) is -0.487. The monoisotopic (exact) mass is 565 g/mol. The zero-order valence-corrected chi connectivity index (χ0v) is 23.3. The molecule has 1 N–H and O–H groups in total. The fourth-order valence-corrected chi connectivity index (χ4v) is 4.92. The average molecular weight is 566 g/mol. The van der Waals surface area contributed by atoms with Crippen LogP contribution in [0.1, 0.15) is 57.3 Å². The third-order valence-corrected chi connectivity index (χ3v) is 6.55. The minimum Gasteiger partial charge on any atom is -0.433 e. The Morgan fingerprint density at radius 3 is 2.21 bits per heavy atom. The summed E-state index contributed by atoms with van der Waals surface area (Å²) in [5, 5.41) is 0.452. The van der Waals surface area contributed by atoms with Gasteiger partial charge in [-0.3, -0.25) is 9.36 Å². The van der Waals surface area contributed by atoms with Crippen LogP contribution in [0.3, 0.4) is 0 Å². The van der Waals surface area contributed by atoms with E-state index in [-0.39, 0.29) is 12.4 Å². The summed E-state index contributed by atoms with van der Waals surface area (Å²) < 4.78 is 37.4. The predicted octanol–water partition coefficient (Wildman–Crippen LogP) is 4.72. The van der Waals surface area contributed by atoms with Gasteiger partial charge in [0.1, 0.15) is 29.0 Å². The SMILES string of the molecule is CC(C)(C)OC(=O)OC[C@H]1S[C@@H](n2ccc(NC(=O)c3ccccc3)nc2=O)[C@@H](F)[C@@H]1OC(=O)OC(C)(C)C. The summed E-state index contributed by atoms with van der Waals surface area (Å²) >= 11 is 0.926. The minimum atomic E-state index is -1.89. The number of ether oxygens (including phenoxy) is 4. The number of benzene rings is 1. The Kier molecular flexibility index (Phi) is 9.26. The van der Waals surface area contributed by atoms with Gasteiger partial charge in [0.25, 0.3) is 5.91 Å². The smallest absolute Gasteiger partial charge is 0.433 e. The van der Waals surface area contributed by atoms with E-state index < -0.39 is 58.0 Å². The Hall–Kier alpha value is -3.61. The maximum Gasteiger partial charge on any atom is 0.509 e. The highest BCUT2D eigenvalue weighted by Crippen LogP contribution is 2.45. The van der Waals surface area contributed by atoms with E-state index in [1.165, 1.54) is 12.3 Å². The molecule has 11 nitrogen and oxygen atoms in total. The Morgan fingerprint density at radius 2 is 1.62 bits per heavy atom. The second kappa shape index (κ2) is 12.1. The van der Waals surface area contributed by atoms with Gasteiger partial charge >= 0.3 is 18.0 Å². The number of carbonyl (C=O) groups is 3. The number of carbonyl (C=O) groups excluding carboxylic acids is 3. The van der Waals surface area contributed by atoms with E-state index in [1.807, 2.05) is 0 Å². The van der Waals surface area contributed by atoms with Crippen molar-refractivity contribution in [1.29, 1.82) is 0 Å². The number of alkyl halides is 1. The number of aromatic nitrogens is 2. The summed E-state index contributed by atoms with van der Waals surface area (Å²) in [7, 11) is 0. The van der Waals surface area contributed by atoms with Crippen LogP contribution in [0.5, 0.6) is 0 Å². The number of hydrogen-bond donors (Lipinski definition) is 1. The van der Waals surface area contributed by atoms with E-state index in [9.17, 15) is 19.2 Å². The van der Waals surface area contributed by atoms with Crippen molar-refractivity contribution in [2.75, 3.05) is 11.9 Å². The lowest BCUT2D eigenvalue weighted by Crippen LogP contribution is -2.39. The molecule has 0 saturated carbocycles. The van der Waals surface area contributed by atoms with Gasteiger partial charge in [-0.1, -0.05) is 18.2 Å². The molecular formula is C26H32FN3O8S. The molecular weight excluding hydrogens is 533 g/mol. The third kappa shape index (κ3) is 8.70. The minimum absolute atomic E-state index is 0.0186. The van der Waals surface area contributed by atoms with Gasteiger partial charge in [0.05, 0.1) is 5.25 Å². The van der Waals surface area contributed by atoms with Crippen molar-refractivity contribution in [2.24, 2.45) is 0 Å². The maximum absolute atomic E-state index is 15.7. The van der Waals surface area contributed by atoms with Crippen LogP contribution in [0.2, 0.25) is 0 Å². The van der Waals surface area contributed by atoms with Crippen LogP contribution in [0, 0.1) is 0 Å². The van der Waals surface area contributed by atoms with Crippen LogP contribution in [0.25, 0.3) is 0 Å². The predicted molar refractivity (Wildman–Crippen MR) is 141 cm³/mol. The second-order valence-corrected chi connectivity index (χ2v) is 12.0. The Morgan fingerprint density at radius 1 is 1.00 bits per heavy atom. The number of amides is 1. The molecule has 4 atom stereocenters. The van der Waals surface area contributed by atoms with Crippen molar-refractivity contribution < 1.29 is 37.7 Å². The topological polar surface area (TPSA) is 135 Å². The molecule has 1 amide bonds. The molecule has 2 aromatic rings. The quantitative estimate of drug-likeness (QED) is 0.490. The van der Waals surface area contributed by atoms with Crippen LogP contribution in [0.4, 0.5) is 19.8 Å². The van der Waals surface area contributed by atoms with Gasteiger partial charge in [0, 0.05) is 11.8 Å². The van der Waals surface area contributed by atoms with E-state index in [2.05, 4.69) is 10.3 Å². The number of anilines is 1. The van der Waals surface area contributed by atoms with Crippen LogP contribution in [-0.4, -0.2) is 63.1 Å². The van der Waals surface area contributed by atoms with Crippen molar-refractivity contribution in [3.05, 3.63) is 58.6 Å². The number of thioether (sulfide) groups is 1. The molecule has 1 aliphatic rings. The van der Waals surface area contributed by atoms with Crippen molar-refractivity contribution in [3.63, 3.8) is 0 Å². The lowest BCUT2D eigenvalue weighted by molar-refractivity contribution is -0.0500. The highest BCUT2D eigenvalue weighted by Gasteiger charge is 2.49. The Bertz CT molecular complexity index is 1240. The van der Waals surface area contributed by atoms with Crippen molar-refractivity contribution >= 4 is 35.8 Å².